The zero-order valence-electron chi connectivity index (χ0n) is 11.4. The smallest absolute Gasteiger partial charge is 0.420 e. The van der Waals surface area contributed by atoms with Crippen molar-refractivity contribution in [1.29, 1.82) is 0 Å². The lowest BCUT2D eigenvalue weighted by Gasteiger charge is -2.34. The molecule has 0 bridgehead atoms. The van der Waals surface area contributed by atoms with Crippen molar-refractivity contribution in [2.45, 2.75) is 24.8 Å². The lowest BCUT2D eigenvalue weighted by atomic mass is 10.0. The Kier molecular flexibility index (Phi) is 4.83. The molecule has 0 spiro atoms. The lowest BCUT2D eigenvalue weighted by molar-refractivity contribution is -0.297. The van der Waals surface area contributed by atoms with Crippen LogP contribution in [0.2, 0.25) is 0 Å². The molecule has 22 heavy (non-hydrogen) atoms. The number of carbonyl (C=O) groups is 1. The summed E-state index contributed by atoms with van der Waals surface area (Å²) in [7, 11) is 1.23. The van der Waals surface area contributed by atoms with Crippen LogP contribution >= 0.6 is 0 Å². The Morgan fingerprint density at radius 1 is 1.05 bits per heavy atom. The summed E-state index contributed by atoms with van der Waals surface area (Å²) in [5.74, 6) is 0.0818. The molecule has 1 aromatic rings. The molecule has 0 saturated heterocycles. The van der Waals surface area contributed by atoms with Gasteiger partial charge < -0.3 is 15.4 Å². The summed E-state index contributed by atoms with van der Waals surface area (Å²) in [6.07, 6.45) is -11.4. The first-order chi connectivity index (χ1) is 9.92. The molecule has 0 atom stereocenters. The van der Waals surface area contributed by atoms with Gasteiger partial charge in [0.05, 0.1) is 12.8 Å². The number of urea groups is 1. The largest absolute Gasteiger partial charge is 0.495 e. The highest BCUT2D eigenvalue weighted by molar-refractivity contribution is 5.91. The van der Waals surface area contributed by atoms with Crippen LogP contribution in [0.1, 0.15) is 6.92 Å². The van der Waals surface area contributed by atoms with E-state index in [1.165, 1.54) is 31.4 Å². The monoisotopic (exact) mass is 330 g/mol. The highest BCUT2D eigenvalue weighted by atomic mass is 19.4. The normalized spacial score (nSPS) is 12.7. The standard InChI is InChI=1S/C12H12F6N2O2/c1-10(11(13,14)15,12(16,17)18)20-9(21)19-7-5-3-4-6-8(7)22-2/h3-6H,1-2H3,(H2,19,20,21). The molecule has 1 aromatic carbocycles. The van der Waals surface area contributed by atoms with Gasteiger partial charge in [0.25, 0.3) is 0 Å². The minimum absolute atomic E-state index is 0.0748. The lowest BCUT2D eigenvalue weighted by Crippen LogP contribution is -2.66. The predicted molar refractivity (Wildman–Crippen MR) is 65.7 cm³/mol. The van der Waals surface area contributed by atoms with E-state index in [9.17, 15) is 31.1 Å². The van der Waals surface area contributed by atoms with Gasteiger partial charge in [0, 0.05) is 0 Å². The van der Waals surface area contributed by atoms with E-state index in [1.807, 2.05) is 5.32 Å². The molecule has 0 aliphatic rings. The van der Waals surface area contributed by atoms with Crippen LogP contribution in [0.25, 0.3) is 0 Å². The molecule has 1 rings (SSSR count). The van der Waals surface area contributed by atoms with Gasteiger partial charge in [0.2, 0.25) is 5.54 Å². The SMILES string of the molecule is COc1ccccc1NC(=O)NC(C)(C(F)(F)F)C(F)(F)F. The molecule has 0 aliphatic carbocycles. The van der Waals surface area contributed by atoms with E-state index in [4.69, 9.17) is 4.74 Å². The van der Waals surface area contributed by atoms with E-state index in [0.717, 1.165) is 5.32 Å². The van der Waals surface area contributed by atoms with Gasteiger partial charge in [-0.3, -0.25) is 0 Å². The molecule has 0 radical (unpaired) electrons. The molecule has 0 aromatic heterocycles. The number of alkyl halides is 6. The first-order valence-corrected chi connectivity index (χ1v) is 5.78. The van der Waals surface area contributed by atoms with Crippen molar-refractivity contribution in [3.05, 3.63) is 24.3 Å². The third kappa shape index (κ3) is 3.55. The number of hydrogen-bond acceptors (Lipinski definition) is 2. The van der Waals surface area contributed by atoms with Crippen LogP contribution in [0.15, 0.2) is 24.3 Å². The quantitative estimate of drug-likeness (QED) is 0.830. The van der Waals surface area contributed by atoms with Crippen molar-refractivity contribution >= 4 is 11.7 Å². The maximum Gasteiger partial charge on any atom is 0.420 e. The molecule has 2 amide bonds. The highest BCUT2D eigenvalue weighted by Crippen LogP contribution is 2.42. The fraction of sp³-hybridized carbons (Fsp3) is 0.417. The van der Waals surface area contributed by atoms with Crippen LogP contribution in [0.4, 0.5) is 36.8 Å². The molecular weight excluding hydrogens is 318 g/mol. The Morgan fingerprint density at radius 3 is 2.00 bits per heavy atom. The number of amides is 2. The van der Waals surface area contributed by atoms with Crippen molar-refractivity contribution in [1.82, 2.24) is 5.32 Å². The molecule has 0 fully saturated rings. The van der Waals surface area contributed by atoms with Crippen molar-refractivity contribution in [2.75, 3.05) is 12.4 Å². The summed E-state index contributed by atoms with van der Waals surface area (Å²) < 4.78 is 80.8. The minimum Gasteiger partial charge on any atom is -0.495 e. The second-order valence-electron chi connectivity index (χ2n) is 4.40. The third-order valence-electron chi connectivity index (χ3n) is 2.85. The summed E-state index contributed by atoms with van der Waals surface area (Å²) in [6, 6.07) is 3.91. The number of ether oxygens (including phenoxy) is 1. The number of carbonyl (C=O) groups excluding carboxylic acids is 1. The van der Waals surface area contributed by atoms with Gasteiger partial charge >= 0.3 is 18.4 Å². The molecule has 0 aliphatic heterocycles. The molecule has 4 nitrogen and oxygen atoms in total. The van der Waals surface area contributed by atoms with E-state index in [-0.39, 0.29) is 18.4 Å². The zero-order valence-corrected chi connectivity index (χ0v) is 11.4. The zero-order chi connectivity index (χ0) is 17.2. The summed E-state index contributed by atoms with van der Waals surface area (Å²) >= 11 is 0. The van der Waals surface area contributed by atoms with Crippen LogP contribution in [-0.2, 0) is 0 Å². The van der Waals surface area contributed by atoms with Gasteiger partial charge in [-0.25, -0.2) is 4.79 Å². The van der Waals surface area contributed by atoms with Crippen molar-refractivity contribution in [2.24, 2.45) is 0 Å². The van der Waals surface area contributed by atoms with Crippen molar-refractivity contribution in [3.63, 3.8) is 0 Å². The topological polar surface area (TPSA) is 50.4 Å². The second kappa shape index (κ2) is 5.93. The number of benzene rings is 1. The number of rotatable bonds is 3. The molecule has 0 saturated carbocycles. The number of para-hydroxylation sites is 2. The van der Waals surface area contributed by atoms with Crippen molar-refractivity contribution < 1.29 is 35.9 Å². The Bertz CT molecular complexity index is 527. The fourth-order valence-corrected chi connectivity index (χ4v) is 1.43. The third-order valence-corrected chi connectivity index (χ3v) is 2.85. The van der Waals surface area contributed by atoms with Gasteiger partial charge in [-0.15, -0.1) is 0 Å². The molecule has 0 heterocycles. The first-order valence-electron chi connectivity index (χ1n) is 5.78. The highest BCUT2D eigenvalue weighted by Gasteiger charge is 2.68. The van der Waals surface area contributed by atoms with Gasteiger partial charge in [0.15, 0.2) is 0 Å². The molecule has 2 N–H and O–H groups in total. The summed E-state index contributed by atoms with van der Waals surface area (Å²) in [6.45, 7) is -0.158. The predicted octanol–water partition coefficient (Wildman–Crippen LogP) is 3.70. The van der Waals surface area contributed by atoms with Gasteiger partial charge in [-0.1, -0.05) is 12.1 Å². The number of hydrogen-bond donors (Lipinski definition) is 2. The Labute approximate surface area is 121 Å². The van der Waals surface area contributed by atoms with E-state index in [1.54, 1.807) is 0 Å². The first kappa shape index (κ1) is 17.9. The van der Waals surface area contributed by atoms with Gasteiger partial charge in [-0.2, -0.15) is 26.3 Å². The van der Waals surface area contributed by atoms with Crippen LogP contribution in [0, 0.1) is 0 Å². The molecule has 124 valence electrons. The minimum atomic E-state index is -5.72. The van der Waals surface area contributed by atoms with Crippen LogP contribution < -0.4 is 15.4 Å². The average molecular weight is 330 g/mol. The summed E-state index contributed by atoms with van der Waals surface area (Å²) in [5.41, 5.74) is -4.46. The summed E-state index contributed by atoms with van der Waals surface area (Å²) in [5, 5.41) is 2.80. The average Bonchev–Trinajstić information content (AvgIpc) is 2.36. The van der Waals surface area contributed by atoms with E-state index >= 15 is 0 Å². The maximum atomic E-state index is 12.7. The Morgan fingerprint density at radius 2 is 1.55 bits per heavy atom. The molecule has 10 heteroatoms. The second-order valence-corrected chi connectivity index (χ2v) is 4.40. The van der Waals surface area contributed by atoms with E-state index in [2.05, 4.69) is 0 Å². The van der Waals surface area contributed by atoms with Gasteiger partial charge in [-0.05, 0) is 19.1 Å². The molecular formula is C12H12F6N2O2. The van der Waals surface area contributed by atoms with E-state index in [0.29, 0.717) is 0 Å². The Hall–Kier alpha value is -2.13. The number of halogens is 6. The van der Waals surface area contributed by atoms with E-state index < -0.39 is 23.9 Å². The molecule has 0 unspecified atom stereocenters. The maximum absolute atomic E-state index is 12.7. The van der Waals surface area contributed by atoms with Crippen LogP contribution in [0.5, 0.6) is 5.75 Å². The Balaban J connectivity index is 2.99. The number of anilines is 1. The number of nitrogens with one attached hydrogen (secondary N) is 2. The summed E-state index contributed by atoms with van der Waals surface area (Å²) in [4.78, 5) is 11.5. The van der Waals surface area contributed by atoms with Crippen LogP contribution in [0.3, 0.4) is 0 Å². The fourth-order valence-electron chi connectivity index (χ4n) is 1.43. The van der Waals surface area contributed by atoms with Crippen LogP contribution in [-0.4, -0.2) is 31.0 Å². The van der Waals surface area contributed by atoms with Crippen molar-refractivity contribution in [3.8, 4) is 5.75 Å². The van der Waals surface area contributed by atoms with Gasteiger partial charge in [0.1, 0.15) is 5.75 Å². The number of methoxy groups -OCH3 is 1.